The minimum Gasteiger partial charge on any atom is -0.460 e. The molecule has 0 saturated carbocycles. The van der Waals surface area contributed by atoms with E-state index in [0.29, 0.717) is 0 Å². The third-order valence-corrected chi connectivity index (χ3v) is 2.54. The van der Waals surface area contributed by atoms with Gasteiger partial charge >= 0.3 is 35.8 Å². The van der Waals surface area contributed by atoms with Crippen molar-refractivity contribution in [3.63, 3.8) is 0 Å². The number of rotatable bonds is 6. The first-order chi connectivity index (χ1) is 10.3. The van der Waals surface area contributed by atoms with Crippen LogP contribution in [0.1, 0.15) is 6.42 Å². The summed E-state index contributed by atoms with van der Waals surface area (Å²) >= 11 is 0. The van der Waals surface area contributed by atoms with Gasteiger partial charge in [-0.05, 0) is 0 Å². The first kappa shape index (κ1) is 22.4. The minimum atomic E-state index is -7.58. The summed E-state index contributed by atoms with van der Waals surface area (Å²) in [7, 11) is 0. The van der Waals surface area contributed by atoms with Crippen molar-refractivity contribution < 1.29 is 62.2 Å². The van der Waals surface area contributed by atoms with Gasteiger partial charge in [-0.25, -0.2) is 9.18 Å². The van der Waals surface area contributed by atoms with Crippen LogP contribution < -0.4 is 0 Å². The Morgan fingerprint density at radius 3 is 1.50 bits per heavy atom. The van der Waals surface area contributed by atoms with E-state index in [2.05, 4.69) is 11.3 Å². The average molecular weight is 386 g/mol. The molecule has 0 fully saturated rings. The normalized spacial score (nSPS) is 14.5. The monoisotopic (exact) mass is 386 g/mol. The van der Waals surface area contributed by atoms with E-state index in [0.717, 1.165) is 0 Å². The molecule has 0 N–H and O–H groups in total. The summed E-state index contributed by atoms with van der Waals surface area (Å²) in [4.78, 5) is 10.4. The third-order valence-electron chi connectivity index (χ3n) is 2.54. The van der Waals surface area contributed by atoms with E-state index >= 15 is 0 Å². The highest BCUT2D eigenvalue weighted by molar-refractivity contribution is 5.85. The highest BCUT2D eigenvalue weighted by Crippen LogP contribution is 2.59. The van der Waals surface area contributed by atoms with Crippen LogP contribution in [0.5, 0.6) is 0 Å². The van der Waals surface area contributed by atoms with E-state index in [1.54, 1.807) is 0 Å². The van der Waals surface area contributed by atoms with Crippen molar-refractivity contribution in [2.24, 2.45) is 0 Å². The summed E-state index contributed by atoms with van der Waals surface area (Å²) in [6, 6.07) is 0. The minimum absolute atomic E-state index is 1.91. The molecular formula is C10H6F12O2. The van der Waals surface area contributed by atoms with E-state index < -0.39 is 54.7 Å². The van der Waals surface area contributed by atoms with Gasteiger partial charge in [0.15, 0.2) is 0 Å². The Kier molecular flexibility index (Phi) is 5.92. The largest absolute Gasteiger partial charge is 0.460 e. The van der Waals surface area contributed by atoms with Crippen LogP contribution in [0.15, 0.2) is 12.4 Å². The number of carbonyl (C=O) groups excluding carboxylic acids is 1. The maximum absolute atomic E-state index is 13.1. The van der Waals surface area contributed by atoms with E-state index in [1.165, 1.54) is 0 Å². The van der Waals surface area contributed by atoms with Gasteiger partial charge in [0.05, 0.1) is 13.0 Å². The molecule has 0 aliphatic carbocycles. The molecule has 0 heterocycles. The standard InChI is InChI=1S/C10H6F12O2/c1-4(11)5(23)24-3-2-6(12,13)8(15,16)7(14,9(17,18)19)10(20,21)22/h1-3H2. The second-order valence-corrected chi connectivity index (χ2v) is 4.22. The second-order valence-electron chi connectivity index (χ2n) is 4.22. The lowest BCUT2D eigenvalue weighted by Crippen LogP contribution is -2.70. The fourth-order valence-electron chi connectivity index (χ4n) is 1.28. The number of alkyl halides is 11. The molecule has 0 bridgehead atoms. The summed E-state index contributed by atoms with van der Waals surface area (Å²) in [5.74, 6) is -17.6. The molecule has 0 rings (SSSR count). The van der Waals surface area contributed by atoms with Crippen molar-refractivity contribution in [3.8, 4) is 0 Å². The lowest BCUT2D eigenvalue weighted by atomic mass is 9.89. The van der Waals surface area contributed by atoms with Crippen LogP contribution in [0.2, 0.25) is 0 Å². The quantitative estimate of drug-likeness (QED) is 0.382. The fraction of sp³-hybridized carbons (Fsp3) is 0.700. The van der Waals surface area contributed by atoms with Crippen LogP contribution in [0.4, 0.5) is 52.7 Å². The Morgan fingerprint density at radius 1 is 0.833 bits per heavy atom. The zero-order chi connectivity index (χ0) is 19.8. The summed E-state index contributed by atoms with van der Waals surface area (Å²) in [5, 5.41) is 0. The Balaban J connectivity index is 5.65. The number of carbonyl (C=O) groups is 1. The molecule has 0 atom stereocenters. The SMILES string of the molecule is C=C(F)C(=O)OCCC(F)(F)C(F)(F)C(F)(C(F)(F)F)C(F)(F)F. The molecule has 0 aliphatic rings. The van der Waals surface area contributed by atoms with Gasteiger partial charge in [-0.2, -0.15) is 48.3 Å². The number of esters is 1. The summed E-state index contributed by atoms with van der Waals surface area (Å²) in [6.45, 7) is 0.354. The van der Waals surface area contributed by atoms with E-state index in [-0.39, 0.29) is 0 Å². The molecule has 0 saturated heterocycles. The fourth-order valence-corrected chi connectivity index (χ4v) is 1.28. The summed E-state index contributed by atoms with van der Waals surface area (Å²) < 4.78 is 154. The predicted octanol–water partition coefficient (Wildman–Crippen LogP) is 4.51. The van der Waals surface area contributed by atoms with Gasteiger partial charge in [0.2, 0.25) is 5.83 Å². The molecule has 0 aromatic carbocycles. The first-order valence-electron chi connectivity index (χ1n) is 5.42. The molecule has 0 aromatic rings. The number of hydrogen-bond acceptors (Lipinski definition) is 2. The highest BCUT2D eigenvalue weighted by atomic mass is 19.4. The maximum Gasteiger partial charge on any atom is 0.438 e. The van der Waals surface area contributed by atoms with Gasteiger partial charge in [-0.1, -0.05) is 6.58 Å². The zero-order valence-electron chi connectivity index (χ0n) is 11.0. The van der Waals surface area contributed by atoms with Gasteiger partial charge in [0.25, 0.3) is 0 Å². The van der Waals surface area contributed by atoms with Crippen LogP contribution in [-0.2, 0) is 9.53 Å². The number of hydrogen-bond donors (Lipinski definition) is 0. The molecular weight excluding hydrogens is 380 g/mol. The number of halogens is 12. The molecule has 0 aliphatic heterocycles. The van der Waals surface area contributed by atoms with E-state index in [1.807, 2.05) is 0 Å². The average Bonchev–Trinajstić information content (AvgIpc) is 2.33. The summed E-state index contributed by atoms with van der Waals surface area (Å²) in [6.07, 6.45) is -17.5. The maximum atomic E-state index is 13.1. The van der Waals surface area contributed by atoms with Gasteiger partial charge < -0.3 is 4.74 Å². The van der Waals surface area contributed by atoms with Crippen LogP contribution in [0.25, 0.3) is 0 Å². The van der Waals surface area contributed by atoms with E-state index in [4.69, 9.17) is 0 Å². The Morgan fingerprint density at radius 2 is 1.21 bits per heavy atom. The van der Waals surface area contributed by atoms with Gasteiger partial charge in [0, 0.05) is 0 Å². The lowest BCUT2D eigenvalue weighted by molar-refractivity contribution is -0.427. The Bertz CT molecular complexity index is 475. The molecule has 24 heavy (non-hydrogen) atoms. The molecule has 0 unspecified atom stereocenters. The lowest BCUT2D eigenvalue weighted by Gasteiger charge is -2.39. The third kappa shape index (κ3) is 3.71. The molecule has 2 nitrogen and oxygen atoms in total. The second kappa shape index (κ2) is 6.35. The Hall–Kier alpha value is -1.63. The number of ether oxygens (including phenoxy) is 1. The molecule has 0 aromatic heterocycles. The molecule has 0 amide bonds. The van der Waals surface area contributed by atoms with Crippen LogP contribution in [-0.4, -0.2) is 42.4 Å². The van der Waals surface area contributed by atoms with Crippen molar-refractivity contribution in [3.05, 3.63) is 12.4 Å². The first-order valence-corrected chi connectivity index (χ1v) is 5.42. The molecule has 0 spiro atoms. The summed E-state index contributed by atoms with van der Waals surface area (Å²) in [5.41, 5.74) is -7.58. The van der Waals surface area contributed by atoms with Gasteiger partial charge in [0.1, 0.15) is 0 Å². The molecule has 14 heteroatoms. The topological polar surface area (TPSA) is 26.3 Å². The smallest absolute Gasteiger partial charge is 0.438 e. The van der Waals surface area contributed by atoms with Crippen molar-refractivity contribution in [1.82, 2.24) is 0 Å². The van der Waals surface area contributed by atoms with Crippen LogP contribution >= 0.6 is 0 Å². The Labute approximate surface area is 125 Å². The van der Waals surface area contributed by atoms with Crippen molar-refractivity contribution in [2.75, 3.05) is 6.61 Å². The zero-order valence-corrected chi connectivity index (χ0v) is 11.0. The van der Waals surface area contributed by atoms with E-state index in [9.17, 15) is 57.5 Å². The van der Waals surface area contributed by atoms with Crippen molar-refractivity contribution >= 4 is 5.97 Å². The molecule has 142 valence electrons. The molecule has 0 radical (unpaired) electrons. The van der Waals surface area contributed by atoms with Crippen LogP contribution in [0, 0.1) is 0 Å². The van der Waals surface area contributed by atoms with Crippen LogP contribution in [0.3, 0.4) is 0 Å². The van der Waals surface area contributed by atoms with Crippen molar-refractivity contribution in [2.45, 2.75) is 36.3 Å². The van der Waals surface area contributed by atoms with Crippen molar-refractivity contribution in [1.29, 1.82) is 0 Å². The highest BCUT2D eigenvalue weighted by Gasteiger charge is 2.89. The predicted molar refractivity (Wildman–Crippen MR) is 51.7 cm³/mol. The van der Waals surface area contributed by atoms with Gasteiger partial charge in [-0.15, -0.1) is 0 Å². The van der Waals surface area contributed by atoms with Gasteiger partial charge in [-0.3, -0.25) is 0 Å².